The number of carbonyl (C=O) groups is 2. The summed E-state index contributed by atoms with van der Waals surface area (Å²) in [4.78, 5) is 26.4. The maximum atomic E-state index is 13.2. The smallest absolute Gasteiger partial charge is 0.335 e. The average Bonchev–Trinajstić information content (AvgIpc) is 2.70. The SMILES string of the molecule is CCOC(=O)C1=C(C(=O)OCC)C2(C)c3ccccc3C1(C)c1ccccc12. The Morgan fingerprint density at radius 3 is 1.21 bits per heavy atom. The minimum atomic E-state index is -0.778. The summed E-state index contributed by atoms with van der Waals surface area (Å²) >= 11 is 0. The van der Waals surface area contributed by atoms with E-state index in [9.17, 15) is 9.59 Å². The van der Waals surface area contributed by atoms with E-state index in [-0.39, 0.29) is 13.2 Å². The lowest BCUT2D eigenvalue weighted by Gasteiger charge is -2.53. The van der Waals surface area contributed by atoms with Gasteiger partial charge >= 0.3 is 11.9 Å². The summed E-state index contributed by atoms with van der Waals surface area (Å²) in [7, 11) is 0. The Labute approximate surface area is 165 Å². The average molecular weight is 376 g/mol. The van der Waals surface area contributed by atoms with E-state index in [0.717, 1.165) is 22.3 Å². The van der Waals surface area contributed by atoms with Crippen LogP contribution in [0, 0.1) is 0 Å². The van der Waals surface area contributed by atoms with E-state index in [1.54, 1.807) is 13.8 Å². The maximum Gasteiger partial charge on any atom is 0.335 e. The molecule has 2 aromatic carbocycles. The molecule has 2 aromatic rings. The van der Waals surface area contributed by atoms with Gasteiger partial charge in [-0.05, 0) is 49.9 Å². The van der Waals surface area contributed by atoms with Crippen LogP contribution in [-0.4, -0.2) is 25.2 Å². The van der Waals surface area contributed by atoms with Crippen LogP contribution >= 0.6 is 0 Å². The highest BCUT2D eigenvalue weighted by molar-refractivity contribution is 6.08. The molecule has 0 aromatic heterocycles. The van der Waals surface area contributed by atoms with Crippen LogP contribution in [0.2, 0.25) is 0 Å². The number of rotatable bonds is 4. The van der Waals surface area contributed by atoms with Gasteiger partial charge in [-0.3, -0.25) is 0 Å². The second-order valence-electron chi connectivity index (χ2n) is 7.53. The number of carbonyl (C=O) groups excluding carboxylic acids is 2. The summed E-state index contributed by atoms with van der Waals surface area (Å²) in [6.07, 6.45) is 0. The fourth-order valence-electron chi connectivity index (χ4n) is 5.06. The van der Waals surface area contributed by atoms with Crippen LogP contribution in [0.1, 0.15) is 49.9 Å². The first-order valence-electron chi connectivity index (χ1n) is 9.71. The Kier molecular flexibility index (Phi) is 4.18. The Morgan fingerprint density at radius 2 is 0.964 bits per heavy atom. The molecule has 0 saturated carbocycles. The zero-order valence-corrected chi connectivity index (χ0v) is 16.7. The molecule has 0 heterocycles. The molecule has 144 valence electrons. The van der Waals surface area contributed by atoms with Crippen LogP contribution in [0.15, 0.2) is 59.7 Å². The Bertz CT molecular complexity index is 887. The Morgan fingerprint density at radius 1 is 0.679 bits per heavy atom. The molecule has 2 bridgehead atoms. The minimum Gasteiger partial charge on any atom is -0.463 e. The second kappa shape index (κ2) is 6.33. The van der Waals surface area contributed by atoms with E-state index >= 15 is 0 Å². The molecule has 3 aliphatic rings. The van der Waals surface area contributed by atoms with Gasteiger partial charge in [0.15, 0.2) is 0 Å². The topological polar surface area (TPSA) is 52.6 Å². The third-order valence-corrected chi connectivity index (χ3v) is 6.22. The summed E-state index contributed by atoms with van der Waals surface area (Å²) in [6.45, 7) is 8.05. The first-order chi connectivity index (χ1) is 13.4. The highest BCUT2D eigenvalue weighted by Gasteiger charge is 2.60. The van der Waals surface area contributed by atoms with Crippen molar-refractivity contribution in [2.75, 3.05) is 13.2 Å². The molecule has 0 atom stereocenters. The summed E-state index contributed by atoms with van der Waals surface area (Å²) in [5.74, 6) is -0.911. The van der Waals surface area contributed by atoms with Crippen molar-refractivity contribution in [1.29, 1.82) is 0 Å². The van der Waals surface area contributed by atoms with Gasteiger partial charge in [0.05, 0.1) is 35.2 Å². The standard InChI is InChI=1S/C24H24O4/c1-5-27-21(25)19-20(22(26)28-6-2)24(4)17-13-9-7-11-15(17)23(19,3)16-12-8-10-14-18(16)24/h7-14H,5-6H2,1-4H3. The van der Waals surface area contributed by atoms with Crippen LogP contribution in [0.4, 0.5) is 0 Å². The summed E-state index contributed by atoms with van der Waals surface area (Å²) in [6, 6.07) is 16.1. The molecule has 0 radical (unpaired) electrons. The van der Waals surface area contributed by atoms with Crippen molar-refractivity contribution in [3.8, 4) is 0 Å². The van der Waals surface area contributed by atoms with Crippen LogP contribution in [0.25, 0.3) is 0 Å². The molecule has 0 N–H and O–H groups in total. The Balaban J connectivity index is 2.16. The van der Waals surface area contributed by atoms with Crippen molar-refractivity contribution in [3.05, 3.63) is 81.9 Å². The third-order valence-electron chi connectivity index (χ3n) is 6.22. The zero-order chi connectivity index (χ0) is 20.1. The lowest BCUT2D eigenvalue weighted by Crippen LogP contribution is -2.52. The van der Waals surface area contributed by atoms with Crippen molar-refractivity contribution < 1.29 is 19.1 Å². The van der Waals surface area contributed by atoms with Gasteiger partial charge in [0.25, 0.3) is 0 Å². The summed E-state index contributed by atoms with van der Waals surface area (Å²) < 4.78 is 10.9. The fraction of sp³-hybridized carbons (Fsp3) is 0.333. The van der Waals surface area contributed by atoms with Gasteiger partial charge in [-0.25, -0.2) is 9.59 Å². The van der Waals surface area contributed by atoms with E-state index in [2.05, 4.69) is 0 Å². The molecule has 0 fully saturated rings. The van der Waals surface area contributed by atoms with Crippen LogP contribution in [0.5, 0.6) is 0 Å². The van der Waals surface area contributed by atoms with E-state index in [4.69, 9.17) is 9.47 Å². The molecule has 0 aliphatic heterocycles. The van der Waals surface area contributed by atoms with Crippen molar-refractivity contribution in [2.24, 2.45) is 0 Å². The molecule has 0 spiro atoms. The predicted molar refractivity (Wildman–Crippen MR) is 106 cm³/mol. The van der Waals surface area contributed by atoms with Crippen molar-refractivity contribution >= 4 is 11.9 Å². The monoisotopic (exact) mass is 376 g/mol. The van der Waals surface area contributed by atoms with Crippen molar-refractivity contribution in [1.82, 2.24) is 0 Å². The fourth-order valence-corrected chi connectivity index (χ4v) is 5.06. The third kappa shape index (κ3) is 2.12. The molecule has 5 rings (SSSR count). The number of benzene rings is 2. The maximum absolute atomic E-state index is 13.2. The molecule has 4 heteroatoms. The number of hydrogen-bond donors (Lipinski definition) is 0. The molecule has 28 heavy (non-hydrogen) atoms. The normalized spacial score (nSPS) is 24.4. The second-order valence-corrected chi connectivity index (χ2v) is 7.53. The first-order valence-corrected chi connectivity index (χ1v) is 9.71. The zero-order valence-electron chi connectivity index (χ0n) is 16.7. The summed E-state index contributed by atoms with van der Waals surface area (Å²) in [5, 5.41) is 0. The highest BCUT2D eigenvalue weighted by Crippen LogP contribution is 2.61. The van der Waals surface area contributed by atoms with Crippen LogP contribution in [-0.2, 0) is 29.9 Å². The van der Waals surface area contributed by atoms with Crippen molar-refractivity contribution in [2.45, 2.75) is 38.5 Å². The molecule has 0 saturated heterocycles. The molecule has 4 nitrogen and oxygen atoms in total. The molecule has 0 amide bonds. The van der Waals surface area contributed by atoms with E-state index in [1.165, 1.54) is 0 Å². The Hall–Kier alpha value is -2.88. The van der Waals surface area contributed by atoms with Gasteiger partial charge in [0.1, 0.15) is 0 Å². The number of esters is 2. The predicted octanol–water partition coefficient (Wildman–Crippen LogP) is 4.05. The van der Waals surface area contributed by atoms with Gasteiger partial charge in [-0.15, -0.1) is 0 Å². The van der Waals surface area contributed by atoms with E-state index in [0.29, 0.717) is 11.1 Å². The van der Waals surface area contributed by atoms with Gasteiger partial charge in [0, 0.05) is 0 Å². The highest BCUT2D eigenvalue weighted by atomic mass is 16.5. The summed E-state index contributed by atoms with van der Waals surface area (Å²) in [5.41, 5.74) is 3.37. The lowest BCUT2D eigenvalue weighted by molar-refractivity contribution is -0.143. The van der Waals surface area contributed by atoms with E-state index < -0.39 is 22.8 Å². The minimum absolute atomic E-state index is 0.245. The van der Waals surface area contributed by atoms with Gasteiger partial charge in [-0.2, -0.15) is 0 Å². The first kappa shape index (κ1) is 18.5. The van der Waals surface area contributed by atoms with Crippen LogP contribution < -0.4 is 0 Å². The number of hydrogen-bond acceptors (Lipinski definition) is 4. The van der Waals surface area contributed by atoms with Crippen molar-refractivity contribution in [3.63, 3.8) is 0 Å². The van der Waals surface area contributed by atoms with Gasteiger partial charge < -0.3 is 9.47 Å². The molecule has 3 aliphatic carbocycles. The number of ether oxygens (including phenoxy) is 2. The van der Waals surface area contributed by atoms with Gasteiger partial charge in [0.2, 0.25) is 0 Å². The lowest BCUT2D eigenvalue weighted by atomic mass is 9.48. The largest absolute Gasteiger partial charge is 0.463 e. The molecule has 0 unspecified atom stereocenters. The van der Waals surface area contributed by atoms with Gasteiger partial charge in [-0.1, -0.05) is 48.5 Å². The quantitative estimate of drug-likeness (QED) is 0.756. The molecular weight excluding hydrogens is 352 g/mol. The molecular formula is C24H24O4. The van der Waals surface area contributed by atoms with Crippen LogP contribution in [0.3, 0.4) is 0 Å². The van der Waals surface area contributed by atoms with E-state index in [1.807, 2.05) is 62.4 Å².